The first kappa shape index (κ1) is 9.71. The molecule has 0 fully saturated rings. The van der Waals surface area contributed by atoms with E-state index in [0.29, 0.717) is 0 Å². The van der Waals surface area contributed by atoms with Gasteiger partial charge in [-0.3, -0.25) is 4.40 Å². The molecule has 88 valence electrons. The van der Waals surface area contributed by atoms with Gasteiger partial charge in [0.2, 0.25) is 0 Å². The summed E-state index contributed by atoms with van der Waals surface area (Å²) in [7, 11) is 0. The number of hydrogen-bond acceptors (Lipinski definition) is 2. The van der Waals surface area contributed by atoms with Crippen LogP contribution in [0, 0.1) is 0 Å². The second kappa shape index (κ2) is 3.60. The SMILES string of the molecule is c1cc(-c2ccc3c(c2)NCC3)n2ccnc2c1. The number of imidazole rings is 1. The summed E-state index contributed by atoms with van der Waals surface area (Å²) >= 11 is 0. The first-order valence-corrected chi connectivity index (χ1v) is 6.21. The Morgan fingerprint density at radius 3 is 3.17 bits per heavy atom. The zero-order valence-electron chi connectivity index (χ0n) is 9.93. The van der Waals surface area contributed by atoms with Crippen molar-refractivity contribution in [3.63, 3.8) is 0 Å². The first-order valence-electron chi connectivity index (χ1n) is 6.21. The van der Waals surface area contributed by atoms with E-state index < -0.39 is 0 Å². The first-order chi connectivity index (χ1) is 8.92. The number of benzene rings is 1. The van der Waals surface area contributed by atoms with Crippen LogP contribution in [-0.4, -0.2) is 15.9 Å². The van der Waals surface area contributed by atoms with Crippen molar-refractivity contribution in [2.45, 2.75) is 6.42 Å². The van der Waals surface area contributed by atoms with Crippen LogP contribution in [0.4, 0.5) is 5.69 Å². The molecular formula is C15H13N3. The highest BCUT2D eigenvalue weighted by Crippen LogP contribution is 2.29. The lowest BCUT2D eigenvalue weighted by Gasteiger charge is -2.08. The molecule has 1 aromatic carbocycles. The lowest BCUT2D eigenvalue weighted by molar-refractivity contribution is 1.11. The quantitative estimate of drug-likeness (QED) is 0.702. The van der Waals surface area contributed by atoms with Crippen LogP contribution in [-0.2, 0) is 6.42 Å². The molecule has 3 aromatic rings. The molecule has 2 aromatic heterocycles. The lowest BCUT2D eigenvalue weighted by Crippen LogP contribution is -1.93. The number of rotatable bonds is 1. The lowest BCUT2D eigenvalue weighted by atomic mass is 10.1. The number of anilines is 1. The Bertz CT molecular complexity index is 727. The van der Waals surface area contributed by atoms with Crippen molar-refractivity contribution in [2.24, 2.45) is 0 Å². The third-order valence-corrected chi connectivity index (χ3v) is 3.54. The molecular weight excluding hydrogens is 222 g/mol. The summed E-state index contributed by atoms with van der Waals surface area (Å²) in [5, 5.41) is 3.43. The molecule has 3 nitrogen and oxygen atoms in total. The topological polar surface area (TPSA) is 29.3 Å². The van der Waals surface area contributed by atoms with Gasteiger partial charge in [0, 0.05) is 30.2 Å². The summed E-state index contributed by atoms with van der Waals surface area (Å²) in [6.07, 6.45) is 4.97. The molecule has 3 heteroatoms. The standard InChI is InChI=1S/C15H13N3/c1-2-14(18-9-8-17-15(18)3-1)12-5-4-11-6-7-16-13(11)10-12/h1-5,8-10,16H,6-7H2. The van der Waals surface area contributed by atoms with E-state index in [0.717, 1.165) is 18.6 Å². The Labute approximate surface area is 105 Å². The molecule has 4 rings (SSSR count). The number of fused-ring (bicyclic) bond motifs is 2. The number of nitrogens with one attached hydrogen (secondary N) is 1. The fourth-order valence-corrected chi connectivity index (χ4v) is 2.63. The van der Waals surface area contributed by atoms with E-state index in [1.165, 1.54) is 22.5 Å². The summed E-state index contributed by atoms with van der Waals surface area (Å²) in [6.45, 7) is 1.05. The Kier molecular flexibility index (Phi) is 1.94. The Balaban J connectivity index is 1.94. The largest absolute Gasteiger partial charge is 0.384 e. The predicted molar refractivity (Wildman–Crippen MR) is 72.8 cm³/mol. The normalized spacial score (nSPS) is 13.6. The van der Waals surface area contributed by atoms with Gasteiger partial charge in [0.05, 0.1) is 5.69 Å². The van der Waals surface area contributed by atoms with Gasteiger partial charge in [0.1, 0.15) is 5.65 Å². The molecule has 0 spiro atoms. The number of hydrogen-bond donors (Lipinski definition) is 1. The zero-order valence-corrected chi connectivity index (χ0v) is 9.93. The molecule has 0 unspecified atom stereocenters. The van der Waals surface area contributed by atoms with Crippen LogP contribution in [0.15, 0.2) is 48.8 Å². The number of aromatic nitrogens is 2. The van der Waals surface area contributed by atoms with E-state index in [2.05, 4.69) is 45.0 Å². The zero-order chi connectivity index (χ0) is 11.9. The molecule has 0 atom stereocenters. The monoisotopic (exact) mass is 235 g/mol. The summed E-state index contributed by atoms with van der Waals surface area (Å²) in [5.74, 6) is 0. The van der Waals surface area contributed by atoms with Gasteiger partial charge in [-0.1, -0.05) is 18.2 Å². The third kappa shape index (κ3) is 1.34. The summed E-state index contributed by atoms with van der Waals surface area (Å²) in [6, 6.07) is 12.9. The average molecular weight is 235 g/mol. The van der Waals surface area contributed by atoms with E-state index in [9.17, 15) is 0 Å². The van der Waals surface area contributed by atoms with E-state index in [1.54, 1.807) is 0 Å². The minimum Gasteiger partial charge on any atom is -0.384 e. The minimum atomic E-state index is 0.987. The second-order valence-corrected chi connectivity index (χ2v) is 4.62. The molecule has 18 heavy (non-hydrogen) atoms. The molecule has 0 bridgehead atoms. The fraction of sp³-hybridized carbons (Fsp3) is 0.133. The Hall–Kier alpha value is -2.29. The van der Waals surface area contributed by atoms with Crippen LogP contribution in [0.3, 0.4) is 0 Å². The highest BCUT2D eigenvalue weighted by Gasteiger charge is 2.11. The molecule has 0 saturated heterocycles. The second-order valence-electron chi connectivity index (χ2n) is 4.62. The maximum Gasteiger partial charge on any atom is 0.137 e. The van der Waals surface area contributed by atoms with Gasteiger partial charge in [-0.2, -0.15) is 0 Å². The van der Waals surface area contributed by atoms with Gasteiger partial charge in [0.15, 0.2) is 0 Å². The average Bonchev–Trinajstić information content (AvgIpc) is 3.05. The van der Waals surface area contributed by atoms with Crippen LogP contribution < -0.4 is 5.32 Å². The maximum atomic E-state index is 4.32. The van der Waals surface area contributed by atoms with Crippen molar-refractivity contribution in [3.8, 4) is 11.3 Å². The van der Waals surface area contributed by atoms with E-state index in [-0.39, 0.29) is 0 Å². The third-order valence-electron chi connectivity index (χ3n) is 3.54. The van der Waals surface area contributed by atoms with E-state index in [1.807, 2.05) is 18.5 Å². The summed E-state index contributed by atoms with van der Waals surface area (Å²) in [4.78, 5) is 4.32. The Morgan fingerprint density at radius 2 is 2.17 bits per heavy atom. The van der Waals surface area contributed by atoms with Crippen molar-refractivity contribution in [1.29, 1.82) is 0 Å². The predicted octanol–water partition coefficient (Wildman–Crippen LogP) is 2.97. The van der Waals surface area contributed by atoms with Crippen LogP contribution in [0.2, 0.25) is 0 Å². The van der Waals surface area contributed by atoms with Crippen molar-refractivity contribution < 1.29 is 0 Å². The van der Waals surface area contributed by atoms with Crippen LogP contribution in [0.5, 0.6) is 0 Å². The van der Waals surface area contributed by atoms with E-state index >= 15 is 0 Å². The van der Waals surface area contributed by atoms with Crippen molar-refractivity contribution in [3.05, 3.63) is 54.4 Å². The van der Waals surface area contributed by atoms with Gasteiger partial charge in [0.25, 0.3) is 0 Å². The van der Waals surface area contributed by atoms with Gasteiger partial charge in [-0.05, 0) is 30.2 Å². The summed E-state index contributed by atoms with van der Waals surface area (Å²) < 4.78 is 2.12. The molecule has 3 heterocycles. The smallest absolute Gasteiger partial charge is 0.137 e. The maximum absolute atomic E-state index is 4.32. The van der Waals surface area contributed by atoms with Gasteiger partial charge in [-0.25, -0.2) is 4.98 Å². The van der Waals surface area contributed by atoms with Crippen molar-refractivity contribution in [1.82, 2.24) is 9.38 Å². The molecule has 0 saturated carbocycles. The van der Waals surface area contributed by atoms with Crippen molar-refractivity contribution >= 4 is 11.3 Å². The molecule has 1 aliphatic heterocycles. The highest BCUT2D eigenvalue weighted by atomic mass is 15.0. The molecule has 0 amide bonds. The molecule has 1 N–H and O–H groups in total. The summed E-state index contributed by atoms with van der Waals surface area (Å²) in [5.41, 5.74) is 6.08. The van der Waals surface area contributed by atoms with Gasteiger partial charge < -0.3 is 5.32 Å². The fourth-order valence-electron chi connectivity index (χ4n) is 2.63. The molecule has 1 aliphatic rings. The molecule has 0 radical (unpaired) electrons. The Morgan fingerprint density at radius 1 is 1.17 bits per heavy atom. The minimum absolute atomic E-state index is 0.987. The van der Waals surface area contributed by atoms with Gasteiger partial charge in [-0.15, -0.1) is 0 Å². The number of nitrogens with zero attached hydrogens (tertiary/aromatic N) is 2. The highest BCUT2D eigenvalue weighted by molar-refractivity contribution is 5.71. The van der Waals surface area contributed by atoms with Crippen LogP contribution >= 0.6 is 0 Å². The number of pyridine rings is 1. The van der Waals surface area contributed by atoms with Crippen molar-refractivity contribution in [2.75, 3.05) is 11.9 Å². The van der Waals surface area contributed by atoms with E-state index in [4.69, 9.17) is 0 Å². The molecule has 0 aliphatic carbocycles. The van der Waals surface area contributed by atoms with Crippen LogP contribution in [0.1, 0.15) is 5.56 Å². The van der Waals surface area contributed by atoms with Gasteiger partial charge >= 0.3 is 0 Å². The van der Waals surface area contributed by atoms with Crippen LogP contribution in [0.25, 0.3) is 16.9 Å².